The third-order valence-corrected chi connectivity index (χ3v) is 8.24. The summed E-state index contributed by atoms with van der Waals surface area (Å²) in [4.78, 5) is 24.3. The first-order valence-electron chi connectivity index (χ1n) is 16.5. The molecule has 12 nitrogen and oxygen atoms in total. The summed E-state index contributed by atoms with van der Waals surface area (Å²) in [5.74, 6) is 1.64. The zero-order chi connectivity index (χ0) is 35.7. The Bertz CT molecular complexity index is 1380. The van der Waals surface area contributed by atoms with Gasteiger partial charge >= 0.3 is 5.97 Å². The largest absolute Gasteiger partial charge is 0.493 e. The van der Waals surface area contributed by atoms with Crippen LogP contribution in [0.15, 0.2) is 24.3 Å². The van der Waals surface area contributed by atoms with E-state index in [1.807, 2.05) is 0 Å². The van der Waals surface area contributed by atoms with Crippen LogP contribution in [0.5, 0.6) is 34.5 Å². The maximum atomic E-state index is 12.5. The van der Waals surface area contributed by atoms with E-state index in [1.165, 1.54) is 35.4 Å². The Morgan fingerprint density at radius 2 is 1.50 bits per heavy atom. The maximum Gasteiger partial charge on any atom is 0.303 e. The van der Waals surface area contributed by atoms with E-state index in [0.29, 0.717) is 58.8 Å². The van der Waals surface area contributed by atoms with Gasteiger partial charge in [-0.25, -0.2) is 0 Å². The van der Waals surface area contributed by atoms with Crippen molar-refractivity contribution in [2.75, 3.05) is 41.7 Å². The van der Waals surface area contributed by atoms with E-state index in [-0.39, 0.29) is 19.3 Å². The van der Waals surface area contributed by atoms with Gasteiger partial charge in [0.05, 0.1) is 53.1 Å². The van der Waals surface area contributed by atoms with Crippen molar-refractivity contribution in [1.29, 1.82) is 5.26 Å². The van der Waals surface area contributed by atoms with Crippen molar-refractivity contribution >= 4 is 5.97 Å². The van der Waals surface area contributed by atoms with Gasteiger partial charge in [0.1, 0.15) is 0 Å². The monoisotopic (exact) mass is 672 g/mol. The van der Waals surface area contributed by atoms with Crippen LogP contribution >= 0.6 is 0 Å². The number of nitrogens with zero attached hydrogens (tertiary/aromatic N) is 2. The smallest absolute Gasteiger partial charge is 0.303 e. The highest BCUT2D eigenvalue weighted by Crippen LogP contribution is 2.51. The summed E-state index contributed by atoms with van der Waals surface area (Å²) in [5.41, 5.74) is -0.171. The summed E-state index contributed by atoms with van der Waals surface area (Å²) in [6, 6.07) is 7.88. The molecule has 2 rings (SSSR count). The Kier molecular flexibility index (Phi) is 16.6. The lowest BCUT2D eigenvalue weighted by atomic mass is 9.77. The van der Waals surface area contributed by atoms with Crippen LogP contribution in [0.3, 0.4) is 0 Å². The summed E-state index contributed by atoms with van der Waals surface area (Å²) in [6.07, 6.45) is 4.48. The third-order valence-electron chi connectivity index (χ3n) is 8.24. The van der Waals surface area contributed by atoms with Gasteiger partial charge in [-0.15, -0.1) is 0 Å². The van der Waals surface area contributed by atoms with Crippen molar-refractivity contribution in [2.45, 2.75) is 103 Å². The van der Waals surface area contributed by atoms with Gasteiger partial charge in [-0.3, -0.25) is 14.9 Å². The molecule has 3 atom stereocenters. The van der Waals surface area contributed by atoms with Crippen molar-refractivity contribution in [3.63, 3.8) is 0 Å². The summed E-state index contributed by atoms with van der Waals surface area (Å²) < 4.78 is 40.2. The van der Waals surface area contributed by atoms with Gasteiger partial charge in [0, 0.05) is 23.8 Å². The Morgan fingerprint density at radius 1 is 0.875 bits per heavy atom. The molecule has 12 heteroatoms. The van der Waals surface area contributed by atoms with Crippen LogP contribution in [0.4, 0.5) is 0 Å². The van der Waals surface area contributed by atoms with Crippen molar-refractivity contribution in [3.8, 4) is 40.6 Å². The molecule has 0 fully saturated rings. The average molecular weight is 673 g/mol. The van der Waals surface area contributed by atoms with Gasteiger partial charge < -0.3 is 33.2 Å². The van der Waals surface area contributed by atoms with E-state index in [0.717, 1.165) is 38.5 Å². The summed E-state index contributed by atoms with van der Waals surface area (Å²) in [6.45, 7) is 7.95. The highest BCUT2D eigenvalue weighted by molar-refractivity contribution is 5.66. The van der Waals surface area contributed by atoms with Crippen LogP contribution in [0.2, 0.25) is 0 Å². The first-order chi connectivity index (χ1) is 23.0. The predicted octanol–water partition coefficient (Wildman–Crippen LogP) is 7.24. The number of carbonyl (C=O) groups is 1. The molecule has 0 heterocycles. The number of hydrogen-bond donors (Lipinski definition) is 0. The summed E-state index contributed by atoms with van der Waals surface area (Å²) in [5, 5.41) is 23.2. The van der Waals surface area contributed by atoms with E-state index < -0.39 is 28.5 Å². The number of esters is 1. The Morgan fingerprint density at radius 3 is 2.02 bits per heavy atom. The van der Waals surface area contributed by atoms with Crippen molar-refractivity contribution in [1.82, 2.24) is 0 Å². The minimum Gasteiger partial charge on any atom is -0.493 e. The Hall–Kier alpha value is -4.40. The van der Waals surface area contributed by atoms with Gasteiger partial charge in [0.25, 0.3) is 6.04 Å². The number of ether oxygens (including phenoxy) is 7. The van der Waals surface area contributed by atoms with Gasteiger partial charge in [-0.1, -0.05) is 45.6 Å². The lowest BCUT2D eigenvalue weighted by Gasteiger charge is -2.30. The molecule has 0 spiro atoms. The highest BCUT2D eigenvalue weighted by atomic mass is 16.6. The highest BCUT2D eigenvalue weighted by Gasteiger charge is 2.40. The lowest BCUT2D eigenvalue weighted by molar-refractivity contribution is -0.533. The number of methoxy groups -OCH3 is 4. The number of benzene rings is 2. The number of unbranched alkanes of at least 4 members (excludes halogenated alkanes) is 4. The Balaban J connectivity index is 2.58. The minimum atomic E-state index is -1.30. The number of rotatable bonds is 23. The molecule has 0 aliphatic carbocycles. The molecule has 0 radical (unpaired) electrons. The molecule has 0 aliphatic rings. The third kappa shape index (κ3) is 10.8. The fraction of sp³-hybridized carbons (Fsp3) is 0.611. The van der Waals surface area contributed by atoms with Crippen LogP contribution in [0.1, 0.15) is 90.2 Å². The van der Waals surface area contributed by atoms with Gasteiger partial charge in [-0.05, 0) is 56.4 Å². The zero-order valence-electron chi connectivity index (χ0n) is 29.7. The number of hydrogen-bond acceptors (Lipinski definition) is 11. The fourth-order valence-electron chi connectivity index (χ4n) is 5.51. The van der Waals surface area contributed by atoms with Crippen molar-refractivity contribution in [3.05, 3.63) is 45.5 Å². The Labute approximate surface area is 284 Å². The van der Waals surface area contributed by atoms with Crippen LogP contribution in [-0.4, -0.2) is 64.7 Å². The van der Waals surface area contributed by atoms with Crippen LogP contribution < -0.4 is 28.4 Å². The molecule has 0 aliphatic heterocycles. The van der Waals surface area contributed by atoms with Crippen LogP contribution in [0.25, 0.3) is 0 Å². The second-order valence-electron chi connectivity index (χ2n) is 11.8. The van der Waals surface area contributed by atoms with E-state index in [1.54, 1.807) is 31.2 Å². The lowest BCUT2D eigenvalue weighted by Crippen LogP contribution is -2.40. The van der Waals surface area contributed by atoms with Crippen molar-refractivity contribution < 1.29 is 42.9 Å². The molecule has 0 saturated heterocycles. The molecule has 266 valence electrons. The molecule has 0 saturated carbocycles. The number of nitro groups is 1. The standard InChI is InChI=1S/C36H52N2O10/c1-9-11-13-19-46-32-23-27(33(47-20-14-12-10-2)35(45-8)34(32)44-7)36(4,24-37)18-17-29(48-25(3)39)28(38(40)41)21-26-15-16-30(42-5)31(22-26)43-6/h15-16,22-23,28-29H,9-14,17-21H2,1-8H3. The first-order valence-corrected chi connectivity index (χ1v) is 16.5. The minimum absolute atomic E-state index is 0.0128. The van der Waals surface area contributed by atoms with Crippen LogP contribution in [-0.2, 0) is 21.4 Å². The van der Waals surface area contributed by atoms with Gasteiger partial charge in [-0.2, -0.15) is 5.26 Å². The van der Waals surface area contributed by atoms with Crippen LogP contribution in [0, 0.1) is 21.4 Å². The molecule has 0 aromatic heterocycles. The topological polar surface area (TPSA) is 149 Å². The normalized spacial score (nSPS) is 13.3. The van der Waals surface area contributed by atoms with E-state index in [4.69, 9.17) is 33.2 Å². The van der Waals surface area contributed by atoms with E-state index in [2.05, 4.69) is 19.9 Å². The molecule has 3 unspecified atom stereocenters. The maximum absolute atomic E-state index is 12.5. The molecular weight excluding hydrogens is 620 g/mol. The molecular formula is C36H52N2O10. The first kappa shape index (κ1) is 39.8. The summed E-state index contributed by atoms with van der Waals surface area (Å²) in [7, 11) is 5.99. The van der Waals surface area contributed by atoms with E-state index in [9.17, 15) is 20.2 Å². The van der Waals surface area contributed by atoms with Crippen molar-refractivity contribution in [2.24, 2.45) is 0 Å². The zero-order valence-corrected chi connectivity index (χ0v) is 29.7. The molecule has 0 N–H and O–H groups in total. The SMILES string of the molecule is CCCCCOc1cc(C(C)(C#N)CCC(OC(C)=O)C(Cc2ccc(OC)c(OC)c2)[N+](=O)[O-])c(OCCCCC)c(OC)c1OC. The quantitative estimate of drug-likeness (QED) is 0.0509. The predicted molar refractivity (Wildman–Crippen MR) is 181 cm³/mol. The van der Waals surface area contributed by atoms with Gasteiger partial charge in [0.2, 0.25) is 11.5 Å². The number of nitriles is 1. The second-order valence-corrected chi connectivity index (χ2v) is 11.8. The number of carbonyl (C=O) groups excluding carboxylic acids is 1. The molecule has 2 aromatic rings. The fourth-order valence-corrected chi connectivity index (χ4v) is 5.51. The van der Waals surface area contributed by atoms with E-state index >= 15 is 0 Å². The molecule has 2 aromatic carbocycles. The molecule has 0 amide bonds. The molecule has 0 bridgehead atoms. The van der Waals surface area contributed by atoms with Gasteiger partial charge in [0.15, 0.2) is 29.1 Å². The second kappa shape index (κ2) is 20.1. The molecule has 48 heavy (non-hydrogen) atoms. The average Bonchev–Trinajstić information content (AvgIpc) is 3.08. The summed E-state index contributed by atoms with van der Waals surface area (Å²) >= 11 is 0.